The predicted molar refractivity (Wildman–Crippen MR) is 82.5 cm³/mol. The number of hydrogen-bond donors (Lipinski definition) is 1. The molecule has 2 aliphatic heterocycles. The molecule has 0 radical (unpaired) electrons. The van der Waals surface area contributed by atoms with Gasteiger partial charge in [0.2, 0.25) is 0 Å². The molecule has 1 fully saturated rings. The third-order valence-corrected chi connectivity index (χ3v) is 6.91. The quantitative estimate of drug-likeness (QED) is 0.560. The Balaban J connectivity index is 0.00000176. The SMILES string of the molecule is COc1ccc([N+]2=C(N)SC3CS(=O)(=O)CC32)c(OC)c1.[Br-]. The third kappa shape index (κ3) is 2.93. The van der Waals surface area contributed by atoms with Gasteiger partial charge in [-0.3, -0.25) is 5.73 Å². The molecule has 3 rings (SSSR count). The summed E-state index contributed by atoms with van der Waals surface area (Å²) in [6, 6.07) is 5.29. The second-order valence-corrected chi connectivity index (χ2v) is 8.46. The van der Waals surface area contributed by atoms with E-state index in [-0.39, 0.29) is 39.8 Å². The molecule has 0 amide bonds. The molecule has 0 bridgehead atoms. The minimum Gasteiger partial charge on any atom is -1.00 e. The van der Waals surface area contributed by atoms with E-state index in [9.17, 15) is 8.42 Å². The number of nitrogens with zero attached hydrogens (tertiary/aromatic N) is 1. The van der Waals surface area contributed by atoms with Gasteiger partial charge in [-0.05, 0) is 23.9 Å². The number of benzene rings is 1. The summed E-state index contributed by atoms with van der Waals surface area (Å²) in [7, 11) is 0.154. The zero-order chi connectivity index (χ0) is 15.2. The van der Waals surface area contributed by atoms with Gasteiger partial charge in [-0.2, -0.15) is 0 Å². The lowest BCUT2D eigenvalue weighted by Crippen LogP contribution is -3.00. The minimum absolute atomic E-state index is 0. The highest BCUT2D eigenvalue weighted by Gasteiger charge is 2.50. The number of amidine groups is 1. The molecule has 2 aliphatic rings. The first-order valence-corrected chi connectivity index (χ1v) is 9.16. The van der Waals surface area contributed by atoms with Crippen LogP contribution in [0.1, 0.15) is 0 Å². The van der Waals surface area contributed by atoms with Gasteiger partial charge in [-0.15, -0.1) is 0 Å². The number of nitrogens with two attached hydrogens (primary N) is 1. The van der Waals surface area contributed by atoms with Crippen molar-refractivity contribution >= 4 is 32.5 Å². The molecule has 0 saturated carbocycles. The molecule has 1 aromatic rings. The van der Waals surface area contributed by atoms with Crippen molar-refractivity contribution in [3.05, 3.63) is 18.2 Å². The Kier molecular flexibility index (Phi) is 4.98. The molecular weight excluding hydrogens is 392 g/mol. The van der Waals surface area contributed by atoms with Crippen LogP contribution in [0, 0.1) is 0 Å². The fourth-order valence-electron chi connectivity index (χ4n) is 2.81. The monoisotopic (exact) mass is 408 g/mol. The molecule has 2 heterocycles. The molecule has 1 aromatic carbocycles. The number of rotatable bonds is 3. The van der Waals surface area contributed by atoms with Crippen molar-refractivity contribution in [3.63, 3.8) is 0 Å². The van der Waals surface area contributed by atoms with Crippen molar-refractivity contribution < 1.29 is 39.4 Å². The minimum atomic E-state index is -3.00. The smallest absolute Gasteiger partial charge is 0.310 e. The molecule has 0 aromatic heterocycles. The van der Waals surface area contributed by atoms with Gasteiger partial charge in [0, 0.05) is 6.07 Å². The molecule has 2 unspecified atom stereocenters. The number of thioether (sulfide) groups is 1. The summed E-state index contributed by atoms with van der Waals surface area (Å²) < 4.78 is 36.1. The Morgan fingerprint density at radius 2 is 2.00 bits per heavy atom. The molecule has 0 spiro atoms. The van der Waals surface area contributed by atoms with Gasteiger partial charge in [0.15, 0.2) is 21.3 Å². The van der Waals surface area contributed by atoms with Crippen molar-refractivity contribution in [3.8, 4) is 11.5 Å². The molecule has 0 aliphatic carbocycles. The normalized spacial score (nSPS) is 25.5. The summed E-state index contributed by atoms with van der Waals surface area (Å²) >= 11 is 1.42. The summed E-state index contributed by atoms with van der Waals surface area (Å²) in [6.45, 7) is 0. The Hall–Kier alpha value is -0.930. The van der Waals surface area contributed by atoms with Crippen LogP contribution in [-0.2, 0) is 9.84 Å². The van der Waals surface area contributed by atoms with Gasteiger partial charge < -0.3 is 26.5 Å². The van der Waals surface area contributed by atoms with Gasteiger partial charge >= 0.3 is 5.17 Å². The first-order valence-electron chi connectivity index (χ1n) is 6.46. The Morgan fingerprint density at radius 3 is 2.64 bits per heavy atom. The average Bonchev–Trinajstić information content (AvgIpc) is 2.88. The highest BCUT2D eigenvalue weighted by Crippen LogP contribution is 2.40. The zero-order valence-corrected chi connectivity index (χ0v) is 15.4. The lowest BCUT2D eigenvalue weighted by atomic mass is 10.2. The molecule has 2 N–H and O–H groups in total. The first-order chi connectivity index (χ1) is 9.95. The summed E-state index contributed by atoms with van der Waals surface area (Å²) in [4.78, 5) is 0. The number of halogens is 1. The standard InChI is InChI=1S/C13H16N2O4S2.BrH/c1-18-8-3-4-9(11(5-8)19-2)15-10-6-21(16,17)7-12(10)20-13(15)14;/h3-5,10,12,14H,6-7H2,1-2H3;1H. The van der Waals surface area contributed by atoms with E-state index < -0.39 is 9.84 Å². The van der Waals surface area contributed by atoms with Crippen LogP contribution in [0.2, 0.25) is 0 Å². The van der Waals surface area contributed by atoms with Crippen LogP contribution in [0.3, 0.4) is 0 Å². The number of ether oxygens (including phenoxy) is 2. The Morgan fingerprint density at radius 1 is 1.27 bits per heavy atom. The Labute approximate surface area is 144 Å². The van der Waals surface area contributed by atoms with Gasteiger partial charge in [0.05, 0.1) is 31.0 Å². The lowest BCUT2D eigenvalue weighted by molar-refractivity contribution is -0.471. The maximum atomic E-state index is 11.8. The van der Waals surface area contributed by atoms with Crippen molar-refractivity contribution in [2.75, 3.05) is 25.7 Å². The summed E-state index contributed by atoms with van der Waals surface area (Å²) in [6.07, 6.45) is 0. The molecule has 22 heavy (non-hydrogen) atoms. The van der Waals surface area contributed by atoms with Crippen molar-refractivity contribution in [1.29, 1.82) is 0 Å². The highest BCUT2D eigenvalue weighted by molar-refractivity contribution is 8.15. The van der Waals surface area contributed by atoms with E-state index in [1.165, 1.54) is 11.8 Å². The zero-order valence-electron chi connectivity index (χ0n) is 12.2. The van der Waals surface area contributed by atoms with Gasteiger partial charge in [-0.25, -0.2) is 13.0 Å². The van der Waals surface area contributed by atoms with E-state index in [0.717, 1.165) is 5.69 Å². The van der Waals surface area contributed by atoms with E-state index in [4.69, 9.17) is 15.2 Å². The van der Waals surface area contributed by atoms with Crippen LogP contribution < -0.4 is 32.2 Å². The number of sulfone groups is 1. The Bertz CT molecular complexity index is 721. The van der Waals surface area contributed by atoms with Crippen LogP contribution in [0.4, 0.5) is 5.69 Å². The fourth-order valence-corrected chi connectivity index (χ4v) is 6.62. The number of methoxy groups -OCH3 is 2. The molecule has 122 valence electrons. The van der Waals surface area contributed by atoms with Crippen molar-refractivity contribution in [2.45, 2.75) is 11.3 Å². The second-order valence-electron chi connectivity index (χ2n) is 5.05. The molecule has 2 atom stereocenters. The summed E-state index contributed by atoms with van der Waals surface area (Å²) in [5.74, 6) is 1.60. The molecule has 6 nitrogen and oxygen atoms in total. The van der Waals surface area contributed by atoms with E-state index in [1.54, 1.807) is 20.3 Å². The van der Waals surface area contributed by atoms with Gasteiger partial charge in [-0.1, -0.05) is 0 Å². The van der Waals surface area contributed by atoms with Crippen LogP contribution in [0.15, 0.2) is 18.2 Å². The summed E-state index contributed by atoms with van der Waals surface area (Å²) in [5, 5.41) is 0.602. The lowest BCUT2D eigenvalue weighted by Gasteiger charge is -2.14. The predicted octanol–water partition coefficient (Wildman–Crippen LogP) is -2.42. The molecule has 9 heteroatoms. The molecule has 1 saturated heterocycles. The van der Waals surface area contributed by atoms with E-state index >= 15 is 0 Å². The number of hydrogen-bond acceptors (Lipinski definition) is 6. The number of fused-ring (bicyclic) bond motifs is 1. The molecular formula is C13H17BrN2O4S2. The first kappa shape index (κ1) is 17.4. The van der Waals surface area contributed by atoms with E-state index in [1.807, 2.05) is 16.7 Å². The van der Waals surface area contributed by atoms with E-state index in [2.05, 4.69) is 0 Å². The van der Waals surface area contributed by atoms with Crippen LogP contribution in [-0.4, -0.2) is 55.2 Å². The van der Waals surface area contributed by atoms with Crippen LogP contribution in [0.5, 0.6) is 11.5 Å². The summed E-state index contributed by atoms with van der Waals surface area (Å²) in [5.41, 5.74) is 6.88. The van der Waals surface area contributed by atoms with Crippen LogP contribution in [0.25, 0.3) is 0 Å². The van der Waals surface area contributed by atoms with Gasteiger partial charge in [0.25, 0.3) is 0 Å². The van der Waals surface area contributed by atoms with Crippen LogP contribution >= 0.6 is 11.8 Å². The maximum Gasteiger partial charge on any atom is 0.310 e. The van der Waals surface area contributed by atoms with Gasteiger partial charge in [0.1, 0.15) is 11.8 Å². The topological polar surface area (TPSA) is 81.6 Å². The fraction of sp³-hybridized carbons (Fsp3) is 0.462. The average molecular weight is 409 g/mol. The second kappa shape index (κ2) is 6.29. The maximum absolute atomic E-state index is 11.8. The third-order valence-electron chi connectivity index (χ3n) is 3.76. The highest BCUT2D eigenvalue weighted by atomic mass is 79.9. The van der Waals surface area contributed by atoms with Crippen molar-refractivity contribution in [2.24, 2.45) is 5.73 Å². The van der Waals surface area contributed by atoms with Crippen molar-refractivity contribution in [1.82, 2.24) is 0 Å². The largest absolute Gasteiger partial charge is 1.00 e. The van der Waals surface area contributed by atoms with E-state index in [0.29, 0.717) is 16.7 Å².